The molecule has 0 saturated carbocycles. The number of furan rings is 2. The zero-order chi connectivity index (χ0) is 83.6. The van der Waals surface area contributed by atoms with Crippen molar-refractivity contribution in [2.45, 2.75) is 264 Å². The van der Waals surface area contributed by atoms with Crippen molar-refractivity contribution in [2.75, 3.05) is 4.90 Å². The Morgan fingerprint density at radius 1 is 0.262 bits per heavy atom. The van der Waals surface area contributed by atoms with E-state index in [1.807, 2.05) is 0 Å². The van der Waals surface area contributed by atoms with Crippen LogP contribution < -0.4 is 4.90 Å². The van der Waals surface area contributed by atoms with E-state index in [2.05, 4.69) is 325 Å². The third-order valence-electron chi connectivity index (χ3n) is 30.7. The summed E-state index contributed by atoms with van der Waals surface area (Å²) in [6, 6.07) is 93.6. The van der Waals surface area contributed by atoms with Crippen LogP contribution in [0.4, 0.5) is 17.1 Å². The zero-order valence-electron chi connectivity index (χ0n) is 74.8. The lowest BCUT2D eigenvalue weighted by Crippen LogP contribution is -2.26. The molecular weight excluding hydrogens is 1480 g/mol. The van der Waals surface area contributed by atoms with Gasteiger partial charge in [-0.05, 0) is 269 Å². The number of fused-ring (bicyclic) bond motifs is 23. The molecule has 0 saturated heterocycles. The molecular formula is C119H123NO2. The molecule has 122 heavy (non-hydrogen) atoms. The van der Waals surface area contributed by atoms with E-state index >= 15 is 0 Å². The van der Waals surface area contributed by atoms with Gasteiger partial charge in [-0.25, -0.2) is 0 Å². The van der Waals surface area contributed by atoms with Crippen LogP contribution in [0.5, 0.6) is 0 Å². The number of unbranched alkanes of at least 4 members (excludes halogenated alkanes) is 16. The molecule has 3 nitrogen and oxygen atoms in total. The van der Waals surface area contributed by atoms with Gasteiger partial charge in [0.2, 0.25) is 0 Å². The minimum absolute atomic E-state index is 0.0415. The monoisotopic (exact) mass is 1600 g/mol. The van der Waals surface area contributed by atoms with Gasteiger partial charge in [-0.3, -0.25) is 0 Å². The highest BCUT2D eigenvalue weighted by molar-refractivity contribution is 6.19. The number of hydrogen-bond acceptors (Lipinski definition) is 3. The van der Waals surface area contributed by atoms with Gasteiger partial charge in [0.05, 0.1) is 0 Å². The fraction of sp³-hybridized carbons (Fsp3) is 0.345. The van der Waals surface area contributed by atoms with Gasteiger partial charge >= 0.3 is 0 Å². The fourth-order valence-corrected chi connectivity index (χ4v) is 24.1. The molecule has 0 radical (unpaired) electrons. The smallest absolute Gasteiger partial charge is 0.143 e. The SMILES string of the molecule is CCCCCCCC1(CCCCCCC)c2ccccc2-c2ccc(-c3ccc4c(c3)C(C)(C)c3cc(-c5ccc(-c6cc7c(c8c6oc6ccccc68)-c6ccc(N(c8ccc9c(c8)C(C)(C)c8cc%10c(cc8-9)C(C)(C)c8ccc9oc%11ccccc%11c9c8-%10)c8ccc(C)cc8C)cc6C7(CCCCCCC)CCCCCCC)cc5)ccc3-4)cc21. The first kappa shape index (κ1) is 79.7. The maximum absolute atomic E-state index is 7.39. The Balaban J connectivity index is 0.669. The summed E-state index contributed by atoms with van der Waals surface area (Å²) in [6.45, 7) is 28.7. The summed E-state index contributed by atoms with van der Waals surface area (Å²) in [5, 5.41) is 4.85. The lowest BCUT2D eigenvalue weighted by molar-refractivity contribution is 0.399. The van der Waals surface area contributed by atoms with Gasteiger partial charge in [0, 0.05) is 71.2 Å². The van der Waals surface area contributed by atoms with E-state index in [0.717, 1.165) is 48.0 Å². The highest BCUT2D eigenvalue weighted by Crippen LogP contribution is 2.64. The van der Waals surface area contributed by atoms with Gasteiger partial charge in [-0.15, -0.1) is 0 Å². The number of anilines is 3. The van der Waals surface area contributed by atoms with E-state index < -0.39 is 0 Å². The summed E-state index contributed by atoms with van der Waals surface area (Å²) in [6.07, 6.45) is 29.9. The molecule has 0 fully saturated rings. The number of hydrogen-bond donors (Lipinski definition) is 0. The van der Waals surface area contributed by atoms with Gasteiger partial charge in [-0.1, -0.05) is 355 Å². The van der Waals surface area contributed by atoms with Crippen LogP contribution in [0.25, 0.3) is 133 Å². The van der Waals surface area contributed by atoms with Gasteiger partial charge in [0.25, 0.3) is 0 Å². The molecule has 0 aliphatic heterocycles. The standard InChI is InChI=1S/C119H123NO2/c1-13-17-21-25-35-63-118(64-36-26-22-18-14-2)96-42-32-29-39-85(96)88-57-52-82(70-103(88)118)81-51-56-87-86-55-50-80(68-98(86)116(9,10)99(87)69-81)78-46-48-79(49-47-78)93-73-105-110(113-92-41-31-34-44-108(92)122-114(93)113)90-59-54-84(72-104(90)119(105,65-37-27-23-19-15-3)66-38-28-24-20-16-4)120(106-61-45-76(5)67-77(106)6)83-53-58-89-94-74-102-95(75-101(94)117(11,12)100(89)71-83)111-97(115(102,7)8)60-62-109-112(111)91-40-30-33-43-107(91)121-109/h29-34,39-62,67-75H,13-28,35-38,63-66H2,1-12H3. The Morgan fingerprint density at radius 2 is 0.672 bits per heavy atom. The minimum atomic E-state index is -0.296. The van der Waals surface area contributed by atoms with E-state index in [1.54, 1.807) is 11.1 Å². The van der Waals surface area contributed by atoms with Crippen LogP contribution in [0, 0.1) is 13.8 Å². The topological polar surface area (TPSA) is 29.5 Å². The zero-order valence-corrected chi connectivity index (χ0v) is 74.8. The van der Waals surface area contributed by atoms with Crippen LogP contribution in [0.3, 0.4) is 0 Å². The molecule has 0 amide bonds. The fourth-order valence-electron chi connectivity index (χ4n) is 24.1. The molecule has 3 heteroatoms. The summed E-state index contributed by atoms with van der Waals surface area (Å²) in [4.78, 5) is 2.63. The van der Waals surface area contributed by atoms with E-state index in [0.29, 0.717) is 0 Å². The van der Waals surface area contributed by atoms with Crippen LogP contribution in [-0.2, 0) is 27.1 Å². The molecule has 13 aromatic carbocycles. The van der Waals surface area contributed by atoms with Crippen LogP contribution in [0.2, 0.25) is 0 Å². The van der Waals surface area contributed by atoms with Crippen molar-refractivity contribution in [1.29, 1.82) is 0 Å². The van der Waals surface area contributed by atoms with Crippen LogP contribution >= 0.6 is 0 Å². The molecule has 2 heterocycles. The van der Waals surface area contributed by atoms with Gasteiger partial charge < -0.3 is 13.7 Å². The molecule has 0 N–H and O–H groups in total. The third kappa shape index (κ3) is 12.9. The largest absolute Gasteiger partial charge is 0.456 e. The molecule has 5 aliphatic rings. The lowest BCUT2D eigenvalue weighted by Gasteiger charge is -2.35. The molecule has 0 spiro atoms. The Kier molecular flexibility index (Phi) is 20.6. The number of para-hydroxylation sites is 2. The summed E-state index contributed by atoms with van der Waals surface area (Å²) in [7, 11) is 0. The maximum atomic E-state index is 7.39. The number of rotatable bonds is 30. The first-order valence-corrected chi connectivity index (χ1v) is 47.4. The van der Waals surface area contributed by atoms with E-state index in [4.69, 9.17) is 8.83 Å². The Hall–Kier alpha value is -10.7. The molecule has 0 atom stereocenters. The molecule has 20 rings (SSSR count). The minimum Gasteiger partial charge on any atom is -0.456 e. The van der Waals surface area contributed by atoms with Crippen LogP contribution in [-0.4, -0.2) is 0 Å². The Bertz CT molecular complexity index is 6560. The van der Waals surface area contributed by atoms with Crippen molar-refractivity contribution < 1.29 is 8.83 Å². The normalized spacial score (nSPS) is 15.2. The predicted molar refractivity (Wildman–Crippen MR) is 520 cm³/mol. The number of aryl methyl sites for hydroxylation is 2. The second kappa shape index (κ2) is 31.5. The Morgan fingerprint density at radius 3 is 1.27 bits per heavy atom. The van der Waals surface area contributed by atoms with Crippen molar-refractivity contribution in [3.63, 3.8) is 0 Å². The quantitative estimate of drug-likeness (QED) is 0.0420. The van der Waals surface area contributed by atoms with E-state index in [-0.39, 0.29) is 27.1 Å². The molecule has 0 unspecified atom stereocenters. The number of nitrogens with zero attached hydrogens (tertiary/aromatic N) is 1. The molecule has 2 aromatic heterocycles. The number of benzene rings is 13. The molecule has 616 valence electrons. The average Bonchev–Trinajstić information content (AvgIpc) is 1.53. The van der Waals surface area contributed by atoms with Crippen molar-refractivity contribution in [1.82, 2.24) is 0 Å². The van der Waals surface area contributed by atoms with Crippen LogP contribution in [0.1, 0.15) is 290 Å². The Labute approximate surface area is 726 Å². The van der Waals surface area contributed by atoms with Crippen molar-refractivity contribution in [3.05, 3.63) is 303 Å². The summed E-state index contributed by atoms with van der Waals surface area (Å²) < 4.78 is 14.0. The highest BCUT2D eigenvalue weighted by atomic mass is 16.3. The molecule has 15 aromatic rings. The van der Waals surface area contributed by atoms with Gasteiger partial charge in [-0.2, -0.15) is 0 Å². The summed E-state index contributed by atoms with van der Waals surface area (Å²) in [5.41, 5.74) is 44.6. The second-order valence-corrected chi connectivity index (χ2v) is 39.2. The molecule has 0 bridgehead atoms. The van der Waals surface area contributed by atoms with Crippen molar-refractivity contribution in [3.8, 4) is 89.0 Å². The van der Waals surface area contributed by atoms with Crippen LogP contribution in [0.15, 0.2) is 245 Å². The lowest BCUT2D eigenvalue weighted by atomic mass is 9.70. The van der Waals surface area contributed by atoms with Gasteiger partial charge in [0.1, 0.15) is 22.3 Å². The second-order valence-electron chi connectivity index (χ2n) is 39.2. The predicted octanol–water partition coefficient (Wildman–Crippen LogP) is 35.5. The maximum Gasteiger partial charge on any atom is 0.143 e. The van der Waals surface area contributed by atoms with E-state index in [9.17, 15) is 0 Å². The van der Waals surface area contributed by atoms with E-state index in [1.165, 1.54) is 312 Å². The summed E-state index contributed by atoms with van der Waals surface area (Å²) in [5.74, 6) is 0. The summed E-state index contributed by atoms with van der Waals surface area (Å²) >= 11 is 0. The van der Waals surface area contributed by atoms with Gasteiger partial charge in [0.15, 0.2) is 0 Å². The first-order valence-electron chi connectivity index (χ1n) is 47.4. The highest BCUT2D eigenvalue weighted by Gasteiger charge is 2.48. The first-order chi connectivity index (χ1) is 59.4. The average molecular weight is 1600 g/mol. The third-order valence-corrected chi connectivity index (χ3v) is 30.7. The molecule has 5 aliphatic carbocycles. The van der Waals surface area contributed by atoms with Crippen molar-refractivity contribution >= 4 is 60.9 Å². The van der Waals surface area contributed by atoms with Crippen molar-refractivity contribution in [2.24, 2.45) is 0 Å².